The van der Waals surface area contributed by atoms with Crippen LogP contribution in [0.5, 0.6) is 0 Å². The molecule has 6 nitrogen and oxygen atoms in total. The van der Waals surface area contributed by atoms with Crippen LogP contribution in [0.3, 0.4) is 0 Å². The summed E-state index contributed by atoms with van der Waals surface area (Å²) in [5.41, 5.74) is 13.4. The Labute approximate surface area is 193 Å². The number of fused-ring (bicyclic) bond motifs is 1. The lowest BCUT2D eigenvalue weighted by Gasteiger charge is -2.16. The molecule has 0 saturated heterocycles. The Balaban J connectivity index is 1.54. The molecule has 3 aromatic heterocycles. The molecule has 3 heterocycles. The van der Waals surface area contributed by atoms with E-state index in [1.807, 2.05) is 37.1 Å². The molecule has 0 spiro atoms. The molecule has 0 amide bonds. The molecule has 5 rings (SSSR count). The summed E-state index contributed by atoms with van der Waals surface area (Å²) in [4.78, 5) is 13.2. The Hall–Kier alpha value is -4.19. The molecule has 0 bridgehead atoms. The number of benzene rings is 2. The van der Waals surface area contributed by atoms with Crippen LogP contribution in [0, 0.1) is 6.92 Å². The van der Waals surface area contributed by atoms with Crippen LogP contribution in [0.1, 0.15) is 12.0 Å². The van der Waals surface area contributed by atoms with Gasteiger partial charge in [0.2, 0.25) is 0 Å². The highest BCUT2D eigenvalue weighted by Gasteiger charge is 2.12. The molecule has 0 fully saturated rings. The first-order valence-corrected chi connectivity index (χ1v) is 11.1. The van der Waals surface area contributed by atoms with Gasteiger partial charge in [0.05, 0.1) is 17.5 Å². The van der Waals surface area contributed by atoms with E-state index < -0.39 is 0 Å². The van der Waals surface area contributed by atoms with E-state index >= 15 is 0 Å². The number of imidazole rings is 1. The van der Waals surface area contributed by atoms with E-state index in [1.54, 1.807) is 6.20 Å². The molecule has 164 valence electrons. The summed E-state index contributed by atoms with van der Waals surface area (Å²) < 4.78 is 2.09. The van der Waals surface area contributed by atoms with Crippen molar-refractivity contribution in [3.05, 3.63) is 91.3 Å². The zero-order valence-electron chi connectivity index (χ0n) is 18.6. The number of pyridine rings is 2. The van der Waals surface area contributed by atoms with Crippen molar-refractivity contribution >= 4 is 22.4 Å². The van der Waals surface area contributed by atoms with E-state index in [0.717, 1.165) is 47.2 Å². The van der Waals surface area contributed by atoms with Gasteiger partial charge in [0.15, 0.2) is 0 Å². The highest BCUT2D eigenvalue weighted by atomic mass is 15.0. The Morgan fingerprint density at radius 1 is 0.909 bits per heavy atom. The lowest BCUT2D eigenvalue weighted by Crippen LogP contribution is -2.07. The Morgan fingerprint density at radius 3 is 2.48 bits per heavy atom. The van der Waals surface area contributed by atoms with Crippen molar-refractivity contribution in [2.45, 2.75) is 19.9 Å². The third kappa shape index (κ3) is 4.55. The van der Waals surface area contributed by atoms with Crippen LogP contribution < -0.4 is 11.1 Å². The molecule has 0 atom stereocenters. The summed E-state index contributed by atoms with van der Waals surface area (Å²) in [6.45, 7) is 3.83. The normalized spacial score (nSPS) is 11.1. The lowest BCUT2D eigenvalue weighted by molar-refractivity contribution is 0.661. The van der Waals surface area contributed by atoms with Gasteiger partial charge in [0.25, 0.3) is 0 Å². The third-order valence-electron chi connectivity index (χ3n) is 5.80. The maximum Gasteiger partial charge on any atom is 0.123 e. The molecule has 33 heavy (non-hydrogen) atoms. The SMILES string of the molecule is Cc1ccc(-c2ccc3ncc(-c4ccc(N)nc4)c(NCCCn4ccnc4)c3c2)cc1. The van der Waals surface area contributed by atoms with Crippen LogP contribution in [0.25, 0.3) is 33.2 Å². The maximum absolute atomic E-state index is 5.82. The molecule has 6 heteroatoms. The van der Waals surface area contributed by atoms with Crippen LogP contribution in [0.2, 0.25) is 0 Å². The van der Waals surface area contributed by atoms with Gasteiger partial charge in [-0.3, -0.25) is 4.98 Å². The van der Waals surface area contributed by atoms with Crippen molar-refractivity contribution in [2.75, 3.05) is 17.6 Å². The van der Waals surface area contributed by atoms with Crippen molar-refractivity contribution in [1.29, 1.82) is 0 Å². The molecule has 0 saturated carbocycles. The molecule has 0 aliphatic rings. The first-order valence-electron chi connectivity index (χ1n) is 11.1. The van der Waals surface area contributed by atoms with E-state index in [9.17, 15) is 0 Å². The predicted octanol–water partition coefficient (Wildman–Crippen LogP) is 5.55. The van der Waals surface area contributed by atoms with Gasteiger partial charge >= 0.3 is 0 Å². The fraction of sp³-hybridized carbons (Fsp3) is 0.148. The number of rotatable bonds is 7. The fourth-order valence-corrected chi connectivity index (χ4v) is 3.99. The molecule has 2 aromatic carbocycles. The van der Waals surface area contributed by atoms with Crippen LogP contribution in [-0.4, -0.2) is 26.1 Å². The summed E-state index contributed by atoms with van der Waals surface area (Å²) in [5, 5.41) is 4.77. The van der Waals surface area contributed by atoms with E-state index in [4.69, 9.17) is 10.7 Å². The second-order valence-electron chi connectivity index (χ2n) is 8.20. The minimum Gasteiger partial charge on any atom is -0.384 e. The van der Waals surface area contributed by atoms with Crippen molar-refractivity contribution in [2.24, 2.45) is 0 Å². The molecule has 0 unspecified atom stereocenters. The first kappa shape index (κ1) is 20.7. The van der Waals surface area contributed by atoms with Gasteiger partial charge in [-0.05, 0) is 48.7 Å². The average Bonchev–Trinajstić information content (AvgIpc) is 3.36. The van der Waals surface area contributed by atoms with E-state index in [0.29, 0.717) is 5.82 Å². The fourth-order valence-electron chi connectivity index (χ4n) is 3.99. The number of aromatic nitrogens is 4. The smallest absolute Gasteiger partial charge is 0.123 e. The molecule has 0 aliphatic heterocycles. The quantitative estimate of drug-likeness (QED) is 0.328. The minimum atomic E-state index is 0.504. The number of hydrogen-bond donors (Lipinski definition) is 2. The Morgan fingerprint density at radius 2 is 1.73 bits per heavy atom. The van der Waals surface area contributed by atoms with Gasteiger partial charge in [-0.25, -0.2) is 9.97 Å². The van der Waals surface area contributed by atoms with Gasteiger partial charge in [-0.2, -0.15) is 0 Å². The number of hydrogen-bond acceptors (Lipinski definition) is 5. The second kappa shape index (κ2) is 9.12. The van der Waals surface area contributed by atoms with E-state index in [-0.39, 0.29) is 0 Å². The van der Waals surface area contributed by atoms with Gasteiger partial charge in [0.1, 0.15) is 5.82 Å². The molecule has 0 aliphatic carbocycles. The summed E-state index contributed by atoms with van der Waals surface area (Å²) in [7, 11) is 0. The van der Waals surface area contributed by atoms with Gasteiger partial charge < -0.3 is 15.6 Å². The number of anilines is 2. The minimum absolute atomic E-state index is 0.504. The van der Waals surface area contributed by atoms with Crippen molar-refractivity contribution < 1.29 is 0 Å². The monoisotopic (exact) mass is 434 g/mol. The third-order valence-corrected chi connectivity index (χ3v) is 5.80. The molecular formula is C27H26N6. The number of nitrogens with one attached hydrogen (secondary N) is 1. The van der Waals surface area contributed by atoms with Gasteiger partial charge in [0, 0.05) is 54.4 Å². The Bertz CT molecular complexity index is 1350. The standard InChI is InChI=1S/C27H26N6/c1-19-3-5-20(6-4-19)21-7-9-25-23(15-21)27(30-11-2-13-33-14-12-29-18-33)24(17-31-25)22-8-10-26(28)32-16-22/h3-10,12,14-18H,2,11,13H2,1H3,(H2,28,32)(H,30,31). The first-order chi connectivity index (χ1) is 16.2. The van der Waals surface area contributed by atoms with Crippen LogP contribution in [-0.2, 0) is 6.54 Å². The van der Waals surface area contributed by atoms with Crippen molar-refractivity contribution in [3.63, 3.8) is 0 Å². The predicted molar refractivity (Wildman–Crippen MR) is 135 cm³/mol. The second-order valence-corrected chi connectivity index (χ2v) is 8.20. The number of aryl methyl sites for hydroxylation is 2. The maximum atomic E-state index is 5.82. The van der Waals surface area contributed by atoms with Crippen molar-refractivity contribution in [3.8, 4) is 22.3 Å². The molecular weight excluding hydrogens is 408 g/mol. The van der Waals surface area contributed by atoms with Crippen LogP contribution >= 0.6 is 0 Å². The zero-order chi connectivity index (χ0) is 22.6. The highest BCUT2D eigenvalue weighted by molar-refractivity contribution is 6.01. The van der Waals surface area contributed by atoms with E-state index in [2.05, 4.69) is 69.2 Å². The summed E-state index contributed by atoms with van der Waals surface area (Å²) in [5.74, 6) is 0.504. The lowest BCUT2D eigenvalue weighted by atomic mass is 9.98. The summed E-state index contributed by atoms with van der Waals surface area (Å²) >= 11 is 0. The molecule has 5 aromatic rings. The number of nitrogens with zero attached hydrogens (tertiary/aromatic N) is 4. The zero-order valence-corrected chi connectivity index (χ0v) is 18.6. The van der Waals surface area contributed by atoms with E-state index in [1.165, 1.54) is 16.7 Å². The molecule has 0 radical (unpaired) electrons. The number of nitrogens with two attached hydrogens (primary N) is 1. The van der Waals surface area contributed by atoms with Crippen LogP contribution in [0.15, 0.2) is 85.7 Å². The summed E-state index contributed by atoms with van der Waals surface area (Å²) in [6.07, 6.45) is 10.3. The topological polar surface area (TPSA) is 81.6 Å². The van der Waals surface area contributed by atoms with Gasteiger partial charge in [-0.15, -0.1) is 0 Å². The average molecular weight is 435 g/mol. The molecule has 3 N–H and O–H groups in total. The summed E-state index contributed by atoms with van der Waals surface area (Å²) in [6, 6.07) is 18.9. The largest absolute Gasteiger partial charge is 0.384 e. The number of nitrogen functional groups attached to an aromatic ring is 1. The Kier molecular flexibility index (Phi) is 5.72. The highest BCUT2D eigenvalue weighted by Crippen LogP contribution is 2.35. The van der Waals surface area contributed by atoms with Crippen LogP contribution in [0.4, 0.5) is 11.5 Å². The van der Waals surface area contributed by atoms with Crippen molar-refractivity contribution in [1.82, 2.24) is 19.5 Å². The van der Waals surface area contributed by atoms with Gasteiger partial charge in [-0.1, -0.05) is 35.9 Å².